The first-order chi connectivity index (χ1) is 8.25. The van der Waals surface area contributed by atoms with Crippen LogP contribution in [0.25, 0.3) is 0 Å². The second kappa shape index (κ2) is 5.73. The fourth-order valence-electron chi connectivity index (χ4n) is 1.57. The van der Waals surface area contributed by atoms with Crippen molar-refractivity contribution < 1.29 is 0 Å². The highest BCUT2D eigenvalue weighted by atomic mass is 32.2. The van der Waals surface area contributed by atoms with E-state index in [9.17, 15) is 0 Å². The standard InChI is InChI=1S/C14H16N2S/c1-11-10-13(2-3-14(11)15)17-9-6-12-4-7-16-8-5-12/h2-5,7-8,10H,6,9,15H2,1H3. The number of thioether (sulfide) groups is 1. The molecule has 2 aromatic rings. The smallest absolute Gasteiger partial charge is 0.0344 e. The second-order valence-electron chi connectivity index (χ2n) is 3.97. The lowest BCUT2D eigenvalue weighted by Gasteiger charge is -2.05. The minimum absolute atomic E-state index is 0.864. The van der Waals surface area contributed by atoms with Crippen LogP contribution in [0.3, 0.4) is 0 Å². The van der Waals surface area contributed by atoms with Gasteiger partial charge in [-0.15, -0.1) is 11.8 Å². The second-order valence-corrected chi connectivity index (χ2v) is 5.14. The third-order valence-corrected chi connectivity index (χ3v) is 3.65. The van der Waals surface area contributed by atoms with Crippen LogP contribution < -0.4 is 5.73 Å². The summed E-state index contributed by atoms with van der Waals surface area (Å²) >= 11 is 1.86. The Morgan fingerprint density at radius 3 is 2.65 bits per heavy atom. The van der Waals surface area contributed by atoms with Gasteiger partial charge in [-0.1, -0.05) is 0 Å². The maximum Gasteiger partial charge on any atom is 0.0344 e. The fraction of sp³-hybridized carbons (Fsp3) is 0.214. The molecule has 17 heavy (non-hydrogen) atoms. The third kappa shape index (κ3) is 3.49. The van der Waals surface area contributed by atoms with Crippen molar-refractivity contribution in [1.29, 1.82) is 0 Å². The third-order valence-electron chi connectivity index (χ3n) is 2.65. The summed E-state index contributed by atoms with van der Waals surface area (Å²) in [6.45, 7) is 2.04. The van der Waals surface area contributed by atoms with Crippen LogP contribution in [0.2, 0.25) is 0 Å². The first-order valence-corrected chi connectivity index (χ1v) is 6.62. The first kappa shape index (κ1) is 12.0. The minimum atomic E-state index is 0.864. The number of hydrogen-bond donors (Lipinski definition) is 1. The largest absolute Gasteiger partial charge is 0.399 e. The molecule has 0 spiro atoms. The molecular weight excluding hydrogens is 228 g/mol. The Hall–Kier alpha value is -1.48. The molecule has 3 heteroatoms. The van der Waals surface area contributed by atoms with E-state index >= 15 is 0 Å². The SMILES string of the molecule is Cc1cc(SCCc2ccncc2)ccc1N. The van der Waals surface area contributed by atoms with E-state index in [1.54, 1.807) is 0 Å². The quantitative estimate of drug-likeness (QED) is 0.662. The van der Waals surface area contributed by atoms with Gasteiger partial charge in [-0.25, -0.2) is 0 Å². The predicted octanol–water partition coefficient (Wildman–Crippen LogP) is 3.31. The molecule has 0 aliphatic rings. The zero-order valence-electron chi connectivity index (χ0n) is 9.89. The monoisotopic (exact) mass is 244 g/mol. The molecule has 0 radical (unpaired) electrons. The Morgan fingerprint density at radius 2 is 1.94 bits per heavy atom. The van der Waals surface area contributed by atoms with Crippen LogP contribution in [0.15, 0.2) is 47.6 Å². The summed E-state index contributed by atoms with van der Waals surface area (Å²) in [7, 11) is 0. The highest BCUT2D eigenvalue weighted by Gasteiger charge is 1.98. The average Bonchev–Trinajstić information content (AvgIpc) is 2.35. The number of aromatic nitrogens is 1. The van der Waals surface area contributed by atoms with Crippen molar-refractivity contribution in [2.24, 2.45) is 0 Å². The van der Waals surface area contributed by atoms with E-state index < -0.39 is 0 Å². The number of nitrogens with zero attached hydrogens (tertiary/aromatic N) is 1. The number of rotatable bonds is 4. The molecule has 0 saturated heterocycles. The topological polar surface area (TPSA) is 38.9 Å². The van der Waals surface area contributed by atoms with Crippen LogP contribution >= 0.6 is 11.8 Å². The predicted molar refractivity (Wildman–Crippen MR) is 74.3 cm³/mol. The molecule has 0 bridgehead atoms. The lowest BCUT2D eigenvalue weighted by Crippen LogP contribution is -1.91. The van der Waals surface area contributed by atoms with E-state index in [1.807, 2.05) is 37.1 Å². The summed E-state index contributed by atoms with van der Waals surface area (Å²) < 4.78 is 0. The van der Waals surface area contributed by atoms with Crippen molar-refractivity contribution in [2.45, 2.75) is 18.2 Å². The van der Waals surface area contributed by atoms with Gasteiger partial charge in [-0.2, -0.15) is 0 Å². The van der Waals surface area contributed by atoms with Crippen LogP contribution in [0.4, 0.5) is 5.69 Å². The van der Waals surface area contributed by atoms with E-state index in [0.29, 0.717) is 0 Å². The lowest BCUT2D eigenvalue weighted by molar-refractivity contribution is 1.13. The first-order valence-electron chi connectivity index (χ1n) is 5.63. The molecule has 0 unspecified atom stereocenters. The Morgan fingerprint density at radius 1 is 1.18 bits per heavy atom. The van der Waals surface area contributed by atoms with Gasteiger partial charge in [0, 0.05) is 28.7 Å². The highest BCUT2D eigenvalue weighted by molar-refractivity contribution is 7.99. The van der Waals surface area contributed by atoms with Crippen molar-refractivity contribution in [3.05, 3.63) is 53.9 Å². The molecule has 0 fully saturated rings. The van der Waals surface area contributed by atoms with Gasteiger partial charge in [0.25, 0.3) is 0 Å². The molecule has 0 amide bonds. The molecule has 1 aromatic heterocycles. The lowest BCUT2D eigenvalue weighted by atomic mass is 10.2. The van der Waals surface area contributed by atoms with Crippen LogP contribution in [-0.4, -0.2) is 10.7 Å². The maximum atomic E-state index is 5.79. The number of aryl methyl sites for hydroxylation is 2. The molecule has 2 rings (SSSR count). The molecule has 0 aliphatic carbocycles. The number of pyridine rings is 1. The van der Waals surface area contributed by atoms with E-state index in [4.69, 9.17) is 5.73 Å². The van der Waals surface area contributed by atoms with Gasteiger partial charge in [0.05, 0.1) is 0 Å². The normalized spacial score (nSPS) is 10.4. The molecule has 1 aromatic carbocycles. The van der Waals surface area contributed by atoms with Gasteiger partial charge < -0.3 is 5.73 Å². The zero-order chi connectivity index (χ0) is 12.1. The van der Waals surface area contributed by atoms with Gasteiger partial charge in [-0.05, 0) is 54.8 Å². The summed E-state index contributed by atoms with van der Waals surface area (Å²) in [6.07, 6.45) is 4.75. The number of nitrogen functional groups attached to an aromatic ring is 1. The van der Waals surface area contributed by atoms with Gasteiger partial charge >= 0.3 is 0 Å². The van der Waals surface area contributed by atoms with Gasteiger partial charge in [-0.3, -0.25) is 4.98 Å². The summed E-state index contributed by atoms with van der Waals surface area (Å²) in [4.78, 5) is 5.30. The Kier molecular flexibility index (Phi) is 4.04. The van der Waals surface area contributed by atoms with Crippen LogP contribution in [0, 0.1) is 6.92 Å². The summed E-state index contributed by atoms with van der Waals surface area (Å²) in [5, 5.41) is 0. The molecule has 2 nitrogen and oxygen atoms in total. The summed E-state index contributed by atoms with van der Waals surface area (Å²) in [5.41, 5.74) is 9.14. The van der Waals surface area contributed by atoms with Gasteiger partial charge in [0.1, 0.15) is 0 Å². The van der Waals surface area contributed by atoms with E-state index in [1.165, 1.54) is 10.5 Å². The van der Waals surface area contributed by atoms with Crippen molar-refractivity contribution in [3.8, 4) is 0 Å². The Labute approximate surface area is 106 Å². The fourth-order valence-corrected chi connectivity index (χ4v) is 2.57. The molecule has 2 N–H and O–H groups in total. The number of nitrogens with two attached hydrogens (primary N) is 1. The highest BCUT2D eigenvalue weighted by Crippen LogP contribution is 2.23. The molecule has 1 heterocycles. The Balaban J connectivity index is 1.88. The molecule has 88 valence electrons. The molecule has 0 atom stereocenters. The van der Waals surface area contributed by atoms with Crippen LogP contribution in [0.1, 0.15) is 11.1 Å². The van der Waals surface area contributed by atoms with Gasteiger partial charge in [0.2, 0.25) is 0 Å². The molecular formula is C14H16N2S. The number of hydrogen-bond acceptors (Lipinski definition) is 3. The van der Waals surface area contributed by atoms with Crippen molar-refractivity contribution in [2.75, 3.05) is 11.5 Å². The van der Waals surface area contributed by atoms with Crippen LogP contribution in [0.5, 0.6) is 0 Å². The number of benzene rings is 1. The van der Waals surface area contributed by atoms with E-state index in [0.717, 1.165) is 23.4 Å². The zero-order valence-corrected chi connectivity index (χ0v) is 10.7. The minimum Gasteiger partial charge on any atom is -0.399 e. The van der Waals surface area contributed by atoms with Crippen molar-refractivity contribution >= 4 is 17.4 Å². The molecule has 0 aliphatic heterocycles. The Bertz CT molecular complexity index is 483. The summed E-state index contributed by atoms with van der Waals surface area (Å²) in [6, 6.07) is 10.3. The van der Waals surface area contributed by atoms with Crippen molar-refractivity contribution in [1.82, 2.24) is 4.98 Å². The molecule has 0 saturated carbocycles. The van der Waals surface area contributed by atoms with E-state index in [-0.39, 0.29) is 0 Å². The number of anilines is 1. The maximum absolute atomic E-state index is 5.79. The summed E-state index contributed by atoms with van der Waals surface area (Å²) in [5.74, 6) is 1.08. The van der Waals surface area contributed by atoms with E-state index in [2.05, 4.69) is 29.2 Å². The average molecular weight is 244 g/mol. The van der Waals surface area contributed by atoms with Gasteiger partial charge in [0.15, 0.2) is 0 Å². The van der Waals surface area contributed by atoms with Crippen LogP contribution in [-0.2, 0) is 6.42 Å². The van der Waals surface area contributed by atoms with Crippen molar-refractivity contribution in [3.63, 3.8) is 0 Å².